The molecule has 2 aliphatic rings. The lowest BCUT2D eigenvalue weighted by atomic mass is 9.87. The fourth-order valence-electron chi connectivity index (χ4n) is 3.68. The summed E-state index contributed by atoms with van der Waals surface area (Å²) in [6.07, 6.45) is 3.52. The first kappa shape index (κ1) is 13.9. The van der Waals surface area contributed by atoms with Crippen LogP contribution in [-0.2, 0) is 0 Å². The number of likely N-dealkylation sites (tertiary alicyclic amines) is 1. The summed E-state index contributed by atoms with van der Waals surface area (Å²) in [5.74, 6) is 0.668. The van der Waals surface area contributed by atoms with Crippen LogP contribution in [0.15, 0.2) is 18.2 Å². The van der Waals surface area contributed by atoms with Crippen molar-refractivity contribution in [1.29, 1.82) is 5.41 Å². The van der Waals surface area contributed by atoms with Crippen LogP contribution in [0.25, 0.3) is 0 Å². The highest BCUT2D eigenvalue weighted by atomic mass is 35.5. The summed E-state index contributed by atoms with van der Waals surface area (Å²) in [6, 6.07) is 5.62. The van der Waals surface area contributed by atoms with Crippen LogP contribution >= 0.6 is 11.6 Å². The van der Waals surface area contributed by atoms with Crippen molar-refractivity contribution in [3.63, 3.8) is 0 Å². The number of para-hydroxylation sites is 1. The zero-order valence-electron chi connectivity index (χ0n) is 12.0. The van der Waals surface area contributed by atoms with Gasteiger partial charge in [-0.3, -0.25) is 0 Å². The lowest BCUT2D eigenvalue weighted by Crippen LogP contribution is -2.41. The van der Waals surface area contributed by atoms with Gasteiger partial charge in [-0.15, -0.1) is 0 Å². The number of rotatable bonds is 4. The number of benzene rings is 1. The van der Waals surface area contributed by atoms with E-state index in [1.54, 1.807) is 6.07 Å². The summed E-state index contributed by atoms with van der Waals surface area (Å²) >= 11 is 6.10. The fourth-order valence-corrected chi connectivity index (χ4v) is 3.86. The van der Waals surface area contributed by atoms with Crippen LogP contribution in [0.5, 0.6) is 0 Å². The summed E-state index contributed by atoms with van der Waals surface area (Å²) in [6.45, 7) is 5.54. The molecule has 1 aliphatic heterocycles. The Kier molecular flexibility index (Phi) is 3.51. The van der Waals surface area contributed by atoms with Crippen molar-refractivity contribution in [2.75, 3.05) is 25.4 Å². The molecule has 1 aromatic rings. The van der Waals surface area contributed by atoms with Gasteiger partial charge >= 0.3 is 0 Å². The van der Waals surface area contributed by atoms with Crippen molar-refractivity contribution in [2.24, 2.45) is 11.3 Å². The topological polar surface area (TPSA) is 53.1 Å². The Hall–Kier alpha value is -1.06. The van der Waals surface area contributed by atoms with Crippen molar-refractivity contribution < 1.29 is 0 Å². The molecule has 1 aromatic carbocycles. The molecular weight excluding hydrogens is 270 g/mol. The van der Waals surface area contributed by atoms with Crippen molar-refractivity contribution in [2.45, 2.75) is 26.2 Å². The number of anilines is 1. The van der Waals surface area contributed by atoms with Gasteiger partial charge in [0.25, 0.3) is 0 Å². The molecule has 0 bridgehead atoms. The molecule has 2 fully saturated rings. The first-order valence-corrected chi connectivity index (χ1v) is 7.82. The van der Waals surface area contributed by atoms with Gasteiger partial charge in [0.2, 0.25) is 0 Å². The zero-order chi connectivity index (χ0) is 14.3. The van der Waals surface area contributed by atoms with Gasteiger partial charge in [0.1, 0.15) is 0 Å². The van der Waals surface area contributed by atoms with Gasteiger partial charge < -0.3 is 16.0 Å². The van der Waals surface area contributed by atoms with E-state index in [0.717, 1.165) is 25.1 Å². The van der Waals surface area contributed by atoms with E-state index in [1.165, 1.54) is 19.4 Å². The van der Waals surface area contributed by atoms with E-state index in [2.05, 4.69) is 11.8 Å². The summed E-state index contributed by atoms with van der Waals surface area (Å²) in [5.41, 5.74) is 8.20. The number of nitrogens with zero attached hydrogens (tertiary/aromatic N) is 1. The molecule has 3 rings (SSSR count). The van der Waals surface area contributed by atoms with E-state index >= 15 is 0 Å². The number of nitrogens with one attached hydrogen (secondary N) is 1. The van der Waals surface area contributed by atoms with Gasteiger partial charge in [-0.1, -0.05) is 30.7 Å². The lowest BCUT2D eigenvalue weighted by molar-refractivity contribution is 0.198. The predicted molar refractivity (Wildman–Crippen MR) is 84.6 cm³/mol. The Bertz CT molecular complexity index is 543. The third-order valence-corrected chi connectivity index (χ3v) is 5.22. The molecule has 108 valence electrons. The SMILES string of the molecule is CCCN1CCC2CC2(C(=N)c2cccc(Cl)c2N)C1. The maximum atomic E-state index is 8.66. The van der Waals surface area contributed by atoms with Crippen molar-refractivity contribution in [3.8, 4) is 0 Å². The first-order chi connectivity index (χ1) is 9.58. The Morgan fingerprint density at radius 1 is 1.55 bits per heavy atom. The maximum Gasteiger partial charge on any atom is 0.0642 e. The second kappa shape index (κ2) is 5.05. The van der Waals surface area contributed by atoms with E-state index in [9.17, 15) is 0 Å². The van der Waals surface area contributed by atoms with Gasteiger partial charge in [0, 0.05) is 23.2 Å². The quantitative estimate of drug-likeness (QED) is 0.660. The molecule has 0 aromatic heterocycles. The van der Waals surface area contributed by atoms with Gasteiger partial charge in [0.05, 0.1) is 10.7 Å². The van der Waals surface area contributed by atoms with Gasteiger partial charge in [-0.25, -0.2) is 0 Å². The molecular formula is C16H22ClN3. The molecule has 2 atom stereocenters. The van der Waals surface area contributed by atoms with Crippen LogP contribution in [0.2, 0.25) is 5.02 Å². The van der Waals surface area contributed by atoms with Crippen LogP contribution in [0.4, 0.5) is 5.69 Å². The fraction of sp³-hybridized carbons (Fsp3) is 0.562. The summed E-state index contributed by atoms with van der Waals surface area (Å²) in [5, 5.41) is 9.21. The summed E-state index contributed by atoms with van der Waals surface area (Å²) in [4.78, 5) is 2.50. The van der Waals surface area contributed by atoms with Gasteiger partial charge in [-0.2, -0.15) is 0 Å². The lowest BCUT2D eigenvalue weighted by Gasteiger charge is -2.33. The molecule has 1 heterocycles. The average molecular weight is 292 g/mol. The number of hydrogen-bond donors (Lipinski definition) is 2. The predicted octanol–water partition coefficient (Wildman–Crippen LogP) is 3.41. The van der Waals surface area contributed by atoms with E-state index in [-0.39, 0.29) is 5.41 Å². The largest absolute Gasteiger partial charge is 0.397 e. The molecule has 20 heavy (non-hydrogen) atoms. The van der Waals surface area contributed by atoms with E-state index < -0.39 is 0 Å². The molecule has 1 saturated carbocycles. The van der Waals surface area contributed by atoms with Crippen LogP contribution in [0.3, 0.4) is 0 Å². The van der Waals surface area contributed by atoms with E-state index in [0.29, 0.717) is 22.3 Å². The molecule has 1 saturated heterocycles. The molecule has 3 N–H and O–H groups in total. The van der Waals surface area contributed by atoms with Crippen LogP contribution < -0.4 is 5.73 Å². The minimum absolute atomic E-state index is 0.0340. The molecule has 0 radical (unpaired) electrons. The number of halogens is 1. The minimum Gasteiger partial charge on any atom is -0.397 e. The number of nitrogen functional groups attached to an aromatic ring is 1. The first-order valence-electron chi connectivity index (χ1n) is 7.44. The normalized spacial score (nSPS) is 29.0. The molecule has 3 nitrogen and oxygen atoms in total. The van der Waals surface area contributed by atoms with Crippen molar-refractivity contribution in [1.82, 2.24) is 4.90 Å². The monoisotopic (exact) mass is 291 g/mol. The number of hydrogen-bond acceptors (Lipinski definition) is 3. The van der Waals surface area contributed by atoms with Gasteiger partial charge in [-0.05, 0) is 44.3 Å². The second-order valence-electron chi connectivity index (χ2n) is 6.20. The van der Waals surface area contributed by atoms with Crippen LogP contribution in [0, 0.1) is 16.7 Å². The average Bonchev–Trinajstić information content (AvgIpc) is 3.16. The Balaban J connectivity index is 1.85. The highest BCUT2D eigenvalue weighted by Gasteiger charge is 2.59. The maximum absolute atomic E-state index is 8.66. The second-order valence-corrected chi connectivity index (χ2v) is 6.61. The molecule has 2 unspecified atom stereocenters. The van der Waals surface area contributed by atoms with Gasteiger partial charge in [0.15, 0.2) is 0 Å². The molecule has 0 spiro atoms. The third kappa shape index (κ3) is 2.13. The Morgan fingerprint density at radius 2 is 2.35 bits per heavy atom. The Morgan fingerprint density at radius 3 is 3.10 bits per heavy atom. The van der Waals surface area contributed by atoms with Crippen LogP contribution in [-0.4, -0.2) is 30.2 Å². The summed E-state index contributed by atoms with van der Waals surface area (Å²) < 4.78 is 0. The Labute approximate surface area is 125 Å². The standard InChI is InChI=1S/C16H22ClN3/c1-2-7-20-8-6-11-9-16(11,10-20)15(19)12-4-3-5-13(17)14(12)18/h3-5,11,19H,2,6-10,18H2,1H3. The minimum atomic E-state index is 0.0340. The van der Waals surface area contributed by atoms with Crippen molar-refractivity contribution in [3.05, 3.63) is 28.8 Å². The van der Waals surface area contributed by atoms with E-state index in [4.69, 9.17) is 22.7 Å². The highest BCUT2D eigenvalue weighted by Crippen LogP contribution is 2.59. The van der Waals surface area contributed by atoms with Crippen molar-refractivity contribution >= 4 is 23.0 Å². The van der Waals surface area contributed by atoms with Crippen LogP contribution in [0.1, 0.15) is 31.7 Å². The third-order valence-electron chi connectivity index (χ3n) is 4.89. The zero-order valence-corrected chi connectivity index (χ0v) is 12.7. The van der Waals surface area contributed by atoms with E-state index in [1.807, 2.05) is 12.1 Å². The number of nitrogens with two attached hydrogens (primary N) is 1. The number of fused-ring (bicyclic) bond motifs is 1. The molecule has 0 amide bonds. The molecule has 4 heteroatoms. The highest BCUT2D eigenvalue weighted by molar-refractivity contribution is 6.34. The molecule has 1 aliphatic carbocycles. The summed E-state index contributed by atoms with van der Waals surface area (Å²) in [7, 11) is 0. The number of piperidine rings is 1. The smallest absolute Gasteiger partial charge is 0.0642 e.